The molecule has 0 spiro atoms. The Morgan fingerprint density at radius 3 is 2.37 bits per heavy atom. The van der Waals surface area contributed by atoms with Crippen LogP contribution in [0, 0.1) is 0 Å². The van der Waals surface area contributed by atoms with Crippen molar-refractivity contribution in [3.8, 4) is 11.4 Å². The third kappa shape index (κ3) is 4.37. The summed E-state index contributed by atoms with van der Waals surface area (Å²) in [6.45, 7) is 2.01. The Morgan fingerprint density at radius 1 is 0.963 bits per heavy atom. The minimum absolute atomic E-state index is 0.352. The molecule has 4 rings (SSSR count). The Balaban J connectivity index is 1.67. The summed E-state index contributed by atoms with van der Waals surface area (Å²) in [6.07, 6.45) is 2.35. The van der Waals surface area contributed by atoms with Crippen LogP contribution >= 0.6 is 11.6 Å². The first-order valence-corrected chi connectivity index (χ1v) is 10.7. The first-order valence-electron chi connectivity index (χ1n) is 9.01. The van der Waals surface area contributed by atoms with Crippen LogP contribution in [0.15, 0.2) is 65.6 Å². The van der Waals surface area contributed by atoms with Gasteiger partial charge in [-0.2, -0.15) is 0 Å². The van der Waals surface area contributed by atoms with Crippen LogP contribution in [0.4, 0.5) is 5.82 Å². The normalized spacial score (nSPS) is 15.1. The van der Waals surface area contributed by atoms with Crippen molar-refractivity contribution >= 4 is 28.2 Å². The standard InChI is InChI=1S/C21H20ClN3OS/c22-17-8-10-19(11-9-17)27(26)15-18-14-20(25-12-4-5-13-25)24-21(23-18)16-6-2-1-3-7-16/h1-3,6-11,14H,4-5,12-13,15H2/t27-/m0/s1. The zero-order valence-corrected chi connectivity index (χ0v) is 16.4. The van der Waals surface area contributed by atoms with Crippen LogP contribution in [0.2, 0.25) is 5.02 Å². The van der Waals surface area contributed by atoms with Crippen molar-refractivity contribution in [3.05, 3.63) is 71.4 Å². The highest BCUT2D eigenvalue weighted by atomic mass is 35.5. The summed E-state index contributed by atoms with van der Waals surface area (Å²) in [5.41, 5.74) is 1.76. The molecule has 1 fully saturated rings. The Hall–Kier alpha value is -2.24. The van der Waals surface area contributed by atoms with Gasteiger partial charge in [0, 0.05) is 34.6 Å². The number of halogens is 1. The SMILES string of the molecule is O=[S@@](Cc1cc(N2CCCC2)nc(-c2ccccc2)n1)c1ccc(Cl)cc1. The van der Waals surface area contributed by atoms with Crippen molar-refractivity contribution in [1.29, 1.82) is 0 Å². The molecule has 27 heavy (non-hydrogen) atoms. The third-order valence-corrected chi connectivity index (χ3v) is 6.19. The van der Waals surface area contributed by atoms with E-state index in [1.54, 1.807) is 24.3 Å². The van der Waals surface area contributed by atoms with Gasteiger partial charge in [-0.05, 0) is 37.1 Å². The first kappa shape index (κ1) is 18.1. The van der Waals surface area contributed by atoms with Gasteiger partial charge in [0.05, 0.1) is 22.2 Å². The van der Waals surface area contributed by atoms with E-state index in [9.17, 15) is 4.21 Å². The molecule has 2 aromatic carbocycles. The van der Waals surface area contributed by atoms with E-state index in [2.05, 4.69) is 4.90 Å². The van der Waals surface area contributed by atoms with Crippen molar-refractivity contribution in [2.45, 2.75) is 23.5 Å². The molecule has 0 saturated carbocycles. The van der Waals surface area contributed by atoms with Crippen molar-refractivity contribution in [2.24, 2.45) is 0 Å². The molecule has 3 aromatic rings. The lowest BCUT2D eigenvalue weighted by atomic mass is 10.2. The highest BCUT2D eigenvalue weighted by molar-refractivity contribution is 7.84. The molecular weight excluding hydrogens is 378 g/mol. The maximum Gasteiger partial charge on any atom is 0.161 e. The molecule has 1 aliphatic rings. The van der Waals surface area contributed by atoms with Gasteiger partial charge in [-0.3, -0.25) is 4.21 Å². The highest BCUT2D eigenvalue weighted by Crippen LogP contribution is 2.24. The summed E-state index contributed by atoms with van der Waals surface area (Å²) >= 11 is 5.93. The number of rotatable bonds is 5. The number of aromatic nitrogens is 2. The number of benzene rings is 2. The quantitative estimate of drug-likeness (QED) is 0.625. The van der Waals surface area contributed by atoms with Gasteiger partial charge in [0.15, 0.2) is 5.82 Å². The van der Waals surface area contributed by atoms with Crippen LogP contribution in [0.25, 0.3) is 11.4 Å². The van der Waals surface area contributed by atoms with E-state index in [0.29, 0.717) is 16.6 Å². The van der Waals surface area contributed by atoms with Gasteiger partial charge in [-0.1, -0.05) is 41.9 Å². The zero-order chi connectivity index (χ0) is 18.6. The van der Waals surface area contributed by atoms with Crippen LogP contribution in [0.5, 0.6) is 0 Å². The Labute approximate surface area is 166 Å². The summed E-state index contributed by atoms with van der Waals surface area (Å²) in [4.78, 5) is 12.5. The fraction of sp³-hybridized carbons (Fsp3) is 0.238. The second kappa shape index (κ2) is 8.19. The average Bonchev–Trinajstić information content (AvgIpc) is 3.24. The highest BCUT2D eigenvalue weighted by Gasteiger charge is 2.17. The van der Waals surface area contributed by atoms with Gasteiger partial charge in [-0.15, -0.1) is 0 Å². The summed E-state index contributed by atoms with van der Waals surface area (Å²) in [7, 11) is -1.18. The predicted molar refractivity (Wildman–Crippen MR) is 110 cm³/mol. The van der Waals surface area contributed by atoms with Crippen molar-refractivity contribution < 1.29 is 4.21 Å². The fourth-order valence-corrected chi connectivity index (χ4v) is 4.33. The van der Waals surface area contributed by atoms with Crippen LogP contribution in [-0.4, -0.2) is 27.3 Å². The molecular formula is C21H20ClN3OS. The van der Waals surface area contributed by atoms with Crippen LogP contribution in [0.1, 0.15) is 18.5 Å². The molecule has 1 saturated heterocycles. The molecule has 138 valence electrons. The molecule has 0 bridgehead atoms. The Kier molecular flexibility index (Phi) is 5.50. The molecule has 4 nitrogen and oxygen atoms in total. The van der Waals surface area contributed by atoms with E-state index >= 15 is 0 Å². The van der Waals surface area contributed by atoms with Gasteiger partial charge >= 0.3 is 0 Å². The van der Waals surface area contributed by atoms with Gasteiger partial charge in [0.25, 0.3) is 0 Å². The monoisotopic (exact) mass is 397 g/mol. The maximum absolute atomic E-state index is 12.8. The van der Waals surface area contributed by atoms with E-state index < -0.39 is 10.8 Å². The minimum atomic E-state index is -1.18. The summed E-state index contributed by atoms with van der Waals surface area (Å²) in [5, 5.41) is 0.639. The van der Waals surface area contributed by atoms with Gasteiger partial charge in [-0.25, -0.2) is 9.97 Å². The van der Waals surface area contributed by atoms with Gasteiger partial charge in [0.1, 0.15) is 5.82 Å². The summed E-state index contributed by atoms with van der Waals surface area (Å²) < 4.78 is 12.8. The Morgan fingerprint density at radius 2 is 1.67 bits per heavy atom. The lowest BCUT2D eigenvalue weighted by molar-refractivity contribution is 0.682. The summed E-state index contributed by atoms with van der Waals surface area (Å²) in [5.74, 6) is 1.96. The minimum Gasteiger partial charge on any atom is -0.356 e. The van der Waals surface area contributed by atoms with Crippen LogP contribution in [-0.2, 0) is 16.6 Å². The predicted octanol–water partition coefficient (Wildman–Crippen LogP) is 4.71. The second-order valence-electron chi connectivity index (χ2n) is 6.55. The molecule has 2 heterocycles. The number of nitrogens with zero attached hydrogens (tertiary/aromatic N) is 3. The molecule has 1 aliphatic heterocycles. The lowest BCUT2D eigenvalue weighted by Crippen LogP contribution is -2.20. The maximum atomic E-state index is 12.8. The molecule has 0 unspecified atom stereocenters. The number of hydrogen-bond donors (Lipinski definition) is 0. The number of anilines is 1. The van der Waals surface area contributed by atoms with Gasteiger partial charge < -0.3 is 4.90 Å². The van der Waals surface area contributed by atoms with Crippen molar-refractivity contribution in [1.82, 2.24) is 9.97 Å². The Bertz CT molecular complexity index is 941. The van der Waals surface area contributed by atoms with Gasteiger partial charge in [0.2, 0.25) is 0 Å². The topological polar surface area (TPSA) is 46.1 Å². The average molecular weight is 398 g/mol. The zero-order valence-electron chi connectivity index (χ0n) is 14.8. The van der Waals surface area contributed by atoms with E-state index in [-0.39, 0.29) is 0 Å². The molecule has 1 atom stereocenters. The van der Waals surface area contributed by atoms with E-state index in [4.69, 9.17) is 21.6 Å². The molecule has 0 N–H and O–H groups in total. The first-order chi connectivity index (χ1) is 13.2. The molecule has 0 radical (unpaired) electrons. The van der Waals surface area contributed by atoms with E-state index in [0.717, 1.165) is 35.1 Å². The molecule has 1 aromatic heterocycles. The van der Waals surface area contributed by atoms with Crippen LogP contribution < -0.4 is 4.90 Å². The van der Waals surface area contributed by atoms with E-state index in [1.165, 1.54) is 12.8 Å². The van der Waals surface area contributed by atoms with E-state index in [1.807, 2.05) is 36.4 Å². The number of hydrogen-bond acceptors (Lipinski definition) is 4. The van der Waals surface area contributed by atoms with Crippen molar-refractivity contribution in [3.63, 3.8) is 0 Å². The molecule has 6 heteroatoms. The summed E-state index contributed by atoms with van der Waals surface area (Å²) in [6, 6.07) is 19.1. The second-order valence-corrected chi connectivity index (χ2v) is 8.43. The molecule has 0 aliphatic carbocycles. The van der Waals surface area contributed by atoms with Crippen LogP contribution in [0.3, 0.4) is 0 Å². The third-order valence-electron chi connectivity index (χ3n) is 4.58. The van der Waals surface area contributed by atoms with Crippen molar-refractivity contribution in [2.75, 3.05) is 18.0 Å². The lowest BCUT2D eigenvalue weighted by Gasteiger charge is -2.18. The smallest absolute Gasteiger partial charge is 0.161 e. The fourth-order valence-electron chi connectivity index (χ4n) is 3.19. The largest absolute Gasteiger partial charge is 0.356 e. The molecule has 0 amide bonds.